The first-order chi connectivity index (χ1) is 10.9. The molecule has 0 N–H and O–H groups in total. The van der Waals surface area contributed by atoms with Gasteiger partial charge in [0.1, 0.15) is 0 Å². The molecule has 0 aromatic carbocycles. The van der Waals surface area contributed by atoms with Crippen molar-refractivity contribution in [1.29, 1.82) is 0 Å². The van der Waals surface area contributed by atoms with Crippen LogP contribution in [-0.2, 0) is 19.2 Å². The van der Waals surface area contributed by atoms with Crippen molar-refractivity contribution in [3.63, 3.8) is 0 Å². The number of fused-ring (bicyclic) bond motifs is 2. The standard InChI is InChI=1S/C17H24F2O4/c1-4-10-5-6-11-9(2)13(14(18)19)20-15-17(11)12(10)7-8-16(3,21-15)22-23-17/h9-12,15H,4-8H2,1-3H3/t9-,10-,11+,12+,15-,16+,17+/m1/s1. The molecule has 0 radical (unpaired) electrons. The maximum atomic E-state index is 13.4. The molecule has 4 heterocycles. The highest BCUT2D eigenvalue weighted by molar-refractivity contribution is 5.16. The third-order valence-corrected chi connectivity index (χ3v) is 6.53. The van der Waals surface area contributed by atoms with Gasteiger partial charge >= 0.3 is 6.08 Å². The molecule has 1 saturated carbocycles. The topological polar surface area (TPSA) is 36.9 Å². The Kier molecular flexibility index (Phi) is 3.53. The van der Waals surface area contributed by atoms with Gasteiger partial charge in [-0.05, 0) is 32.1 Å². The molecule has 0 amide bonds. The van der Waals surface area contributed by atoms with Gasteiger partial charge in [-0.25, -0.2) is 9.78 Å². The summed E-state index contributed by atoms with van der Waals surface area (Å²) in [5.41, 5.74) is -0.771. The molecule has 0 aromatic heterocycles. The van der Waals surface area contributed by atoms with E-state index in [9.17, 15) is 8.78 Å². The molecule has 0 aromatic rings. The smallest absolute Gasteiger partial charge is 0.308 e. The lowest BCUT2D eigenvalue weighted by Gasteiger charge is -2.59. The van der Waals surface area contributed by atoms with Crippen LogP contribution in [0.4, 0.5) is 8.78 Å². The van der Waals surface area contributed by atoms with Crippen molar-refractivity contribution in [3.05, 3.63) is 11.8 Å². The Morgan fingerprint density at radius 1 is 1.17 bits per heavy atom. The zero-order chi connectivity index (χ0) is 16.4. The first kappa shape index (κ1) is 15.8. The van der Waals surface area contributed by atoms with Crippen LogP contribution in [0.1, 0.15) is 52.9 Å². The molecule has 5 rings (SSSR count). The lowest BCUT2D eigenvalue weighted by molar-refractivity contribution is -0.562. The summed E-state index contributed by atoms with van der Waals surface area (Å²) in [6.45, 7) is 5.77. The summed E-state index contributed by atoms with van der Waals surface area (Å²) in [7, 11) is 0. The molecule has 5 fully saturated rings. The molecule has 4 aliphatic heterocycles. The van der Waals surface area contributed by atoms with E-state index in [0.29, 0.717) is 12.3 Å². The van der Waals surface area contributed by atoms with Gasteiger partial charge < -0.3 is 9.47 Å². The van der Waals surface area contributed by atoms with Crippen LogP contribution in [0.15, 0.2) is 11.8 Å². The molecule has 5 aliphatic rings. The van der Waals surface area contributed by atoms with Crippen molar-refractivity contribution in [2.45, 2.75) is 70.6 Å². The number of halogens is 2. The van der Waals surface area contributed by atoms with Crippen LogP contribution < -0.4 is 0 Å². The molecular weight excluding hydrogens is 306 g/mol. The lowest BCUT2D eigenvalue weighted by atomic mass is 9.57. The fourth-order valence-corrected chi connectivity index (χ4v) is 5.32. The quantitative estimate of drug-likeness (QED) is 0.669. The first-order valence-electron chi connectivity index (χ1n) is 8.67. The van der Waals surface area contributed by atoms with Crippen LogP contribution in [0, 0.1) is 23.7 Å². The van der Waals surface area contributed by atoms with Gasteiger partial charge in [-0.1, -0.05) is 20.3 Å². The van der Waals surface area contributed by atoms with Crippen molar-refractivity contribution in [3.8, 4) is 0 Å². The minimum absolute atomic E-state index is 0.0757. The van der Waals surface area contributed by atoms with Crippen molar-refractivity contribution in [2.75, 3.05) is 0 Å². The van der Waals surface area contributed by atoms with Crippen LogP contribution in [0.25, 0.3) is 0 Å². The van der Waals surface area contributed by atoms with Gasteiger partial charge in [-0.3, -0.25) is 0 Å². The van der Waals surface area contributed by atoms with Crippen molar-refractivity contribution in [2.24, 2.45) is 23.7 Å². The first-order valence-corrected chi connectivity index (χ1v) is 8.67. The fraction of sp³-hybridized carbons (Fsp3) is 0.882. The highest BCUT2D eigenvalue weighted by atomic mass is 19.3. The maximum Gasteiger partial charge on any atom is 0.308 e. The Bertz CT molecular complexity index is 531. The number of rotatable bonds is 1. The Labute approximate surface area is 135 Å². The predicted molar refractivity (Wildman–Crippen MR) is 76.9 cm³/mol. The highest BCUT2D eigenvalue weighted by Gasteiger charge is 2.69. The molecule has 0 unspecified atom stereocenters. The number of hydrogen-bond acceptors (Lipinski definition) is 4. The van der Waals surface area contributed by atoms with E-state index in [4.69, 9.17) is 19.2 Å². The Morgan fingerprint density at radius 2 is 1.96 bits per heavy atom. The zero-order valence-electron chi connectivity index (χ0n) is 13.8. The van der Waals surface area contributed by atoms with Crippen LogP contribution in [0.2, 0.25) is 0 Å². The minimum Gasteiger partial charge on any atom is -0.460 e. The second kappa shape index (κ2) is 5.14. The molecule has 1 aliphatic carbocycles. The van der Waals surface area contributed by atoms with Gasteiger partial charge in [0.05, 0.1) is 0 Å². The van der Waals surface area contributed by atoms with Crippen molar-refractivity contribution < 1.29 is 28.0 Å². The SMILES string of the molecule is CC[C@@H]1CC[C@H]2[C@@H](C)C(=C(F)F)O[C@@H]3O[C@]4(C)CC[C@@H]1[C@]32OO4. The Hall–Kier alpha value is -0.720. The molecule has 130 valence electrons. The van der Waals surface area contributed by atoms with Crippen LogP contribution in [0.5, 0.6) is 0 Å². The molecule has 7 atom stereocenters. The Balaban J connectivity index is 1.83. The van der Waals surface area contributed by atoms with E-state index in [1.54, 1.807) is 13.8 Å². The third-order valence-electron chi connectivity index (χ3n) is 6.53. The second-order valence-electron chi connectivity index (χ2n) is 7.63. The summed E-state index contributed by atoms with van der Waals surface area (Å²) in [4.78, 5) is 11.6. The molecule has 2 bridgehead atoms. The van der Waals surface area contributed by atoms with E-state index in [0.717, 1.165) is 25.7 Å². The van der Waals surface area contributed by atoms with E-state index >= 15 is 0 Å². The van der Waals surface area contributed by atoms with E-state index in [-0.39, 0.29) is 17.6 Å². The second-order valence-corrected chi connectivity index (χ2v) is 7.63. The van der Waals surface area contributed by atoms with Gasteiger partial charge in [0.25, 0.3) is 0 Å². The summed E-state index contributed by atoms with van der Waals surface area (Å²) in [6.07, 6.45) is 1.93. The van der Waals surface area contributed by atoms with E-state index in [1.165, 1.54) is 0 Å². The van der Waals surface area contributed by atoms with E-state index in [1.807, 2.05) is 0 Å². The maximum absolute atomic E-state index is 13.4. The lowest BCUT2D eigenvalue weighted by Crippen LogP contribution is -2.68. The van der Waals surface area contributed by atoms with Gasteiger partial charge in [-0.2, -0.15) is 8.78 Å². The number of hydrogen-bond donors (Lipinski definition) is 0. The summed E-state index contributed by atoms with van der Waals surface area (Å²) in [5.74, 6) is -0.933. The third kappa shape index (κ3) is 2.04. The molecule has 6 heteroatoms. The van der Waals surface area contributed by atoms with Crippen LogP contribution in [-0.4, -0.2) is 17.7 Å². The molecule has 23 heavy (non-hydrogen) atoms. The molecule has 1 spiro atoms. The molecule has 4 nitrogen and oxygen atoms in total. The van der Waals surface area contributed by atoms with Crippen molar-refractivity contribution >= 4 is 0 Å². The van der Waals surface area contributed by atoms with E-state index in [2.05, 4.69) is 6.92 Å². The molecule has 4 saturated heterocycles. The fourth-order valence-electron chi connectivity index (χ4n) is 5.32. The zero-order valence-corrected chi connectivity index (χ0v) is 13.8. The van der Waals surface area contributed by atoms with E-state index < -0.39 is 29.7 Å². The summed E-state index contributed by atoms with van der Waals surface area (Å²) < 4.78 is 38.4. The number of ether oxygens (including phenoxy) is 2. The van der Waals surface area contributed by atoms with Crippen molar-refractivity contribution in [1.82, 2.24) is 0 Å². The molecular formula is C17H24F2O4. The Morgan fingerprint density at radius 3 is 2.65 bits per heavy atom. The monoisotopic (exact) mass is 330 g/mol. The average molecular weight is 330 g/mol. The highest BCUT2D eigenvalue weighted by Crippen LogP contribution is 2.61. The van der Waals surface area contributed by atoms with Gasteiger partial charge in [0.2, 0.25) is 12.1 Å². The normalized spacial score (nSPS) is 51.7. The van der Waals surface area contributed by atoms with Gasteiger partial charge in [0.15, 0.2) is 11.4 Å². The summed E-state index contributed by atoms with van der Waals surface area (Å²) in [6, 6.07) is 0. The van der Waals surface area contributed by atoms with Gasteiger partial charge in [0, 0.05) is 24.2 Å². The average Bonchev–Trinajstić information content (AvgIpc) is 2.75. The minimum atomic E-state index is -1.75. The summed E-state index contributed by atoms with van der Waals surface area (Å²) in [5, 5.41) is 0. The summed E-state index contributed by atoms with van der Waals surface area (Å²) >= 11 is 0. The largest absolute Gasteiger partial charge is 0.460 e. The number of allylic oxidation sites excluding steroid dienone is 1. The van der Waals surface area contributed by atoms with Gasteiger partial charge in [-0.15, -0.1) is 0 Å². The van der Waals surface area contributed by atoms with Crippen LogP contribution >= 0.6 is 0 Å². The predicted octanol–water partition coefficient (Wildman–Crippen LogP) is 4.37. The van der Waals surface area contributed by atoms with Crippen LogP contribution in [0.3, 0.4) is 0 Å².